The van der Waals surface area contributed by atoms with Gasteiger partial charge < -0.3 is 10.6 Å². The summed E-state index contributed by atoms with van der Waals surface area (Å²) >= 11 is 3.23. The number of rotatable bonds is 5. The third-order valence-corrected chi connectivity index (χ3v) is 1.98. The van der Waals surface area contributed by atoms with Crippen molar-refractivity contribution in [3.63, 3.8) is 0 Å². The summed E-state index contributed by atoms with van der Waals surface area (Å²) < 4.78 is -0.578. The third kappa shape index (κ3) is 6.28. The van der Waals surface area contributed by atoms with Gasteiger partial charge in [-0.15, -0.1) is 0 Å². The van der Waals surface area contributed by atoms with E-state index in [4.69, 9.17) is 0 Å². The average Bonchev–Trinajstić information content (AvgIpc) is 2.09. The van der Waals surface area contributed by atoms with Crippen molar-refractivity contribution in [3.8, 4) is 0 Å². The first-order chi connectivity index (χ1) is 6.75. The number of amides is 2. The maximum Gasteiger partial charge on any atom is 0.246 e. The lowest BCUT2D eigenvalue weighted by Gasteiger charge is -2.15. The normalized spacial score (nSPS) is 10.7. The summed E-state index contributed by atoms with van der Waals surface area (Å²) in [4.78, 5) is 22.4. The summed E-state index contributed by atoms with van der Waals surface area (Å²) in [6.45, 7) is 9.47. The van der Waals surface area contributed by atoms with Gasteiger partial charge in [-0.05, 0) is 20.8 Å². The molecule has 0 rings (SSSR count). The van der Waals surface area contributed by atoms with Crippen LogP contribution in [0.1, 0.15) is 20.8 Å². The Hall–Kier alpha value is -0.840. The van der Waals surface area contributed by atoms with Crippen molar-refractivity contribution in [3.05, 3.63) is 12.2 Å². The van der Waals surface area contributed by atoms with Crippen LogP contribution in [0.4, 0.5) is 0 Å². The minimum Gasteiger partial charge on any atom is -0.353 e. The molecule has 0 aromatic carbocycles. The van der Waals surface area contributed by atoms with Gasteiger partial charge in [0.2, 0.25) is 11.8 Å². The topological polar surface area (TPSA) is 58.2 Å². The molecule has 0 radical (unpaired) electrons. The van der Waals surface area contributed by atoms with E-state index < -0.39 is 4.32 Å². The molecule has 0 saturated carbocycles. The molecule has 0 aromatic rings. The Kier molecular flexibility index (Phi) is 5.57. The van der Waals surface area contributed by atoms with Crippen LogP contribution in [-0.2, 0) is 9.59 Å². The van der Waals surface area contributed by atoms with Crippen LogP contribution in [0.15, 0.2) is 12.2 Å². The van der Waals surface area contributed by atoms with Gasteiger partial charge in [-0.1, -0.05) is 22.5 Å². The highest BCUT2D eigenvalue weighted by Gasteiger charge is 2.22. The van der Waals surface area contributed by atoms with Crippen LogP contribution < -0.4 is 10.6 Å². The summed E-state index contributed by atoms with van der Waals surface area (Å²) in [5, 5.41) is 5.31. The van der Waals surface area contributed by atoms with Gasteiger partial charge in [0.15, 0.2) is 0 Å². The Morgan fingerprint density at radius 1 is 1.27 bits per heavy atom. The molecule has 0 aromatic heterocycles. The number of hydrogen-bond donors (Lipinski definition) is 2. The molecule has 0 atom stereocenters. The Morgan fingerprint density at radius 3 is 2.13 bits per heavy atom. The van der Waals surface area contributed by atoms with Gasteiger partial charge in [-0.2, -0.15) is 0 Å². The molecular weight excluding hydrogens is 260 g/mol. The van der Waals surface area contributed by atoms with E-state index in [0.29, 0.717) is 18.7 Å². The van der Waals surface area contributed by atoms with Crippen molar-refractivity contribution >= 4 is 27.7 Å². The predicted molar refractivity (Wildman–Crippen MR) is 63.8 cm³/mol. The van der Waals surface area contributed by atoms with E-state index in [1.54, 1.807) is 20.8 Å². The van der Waals surface area contributed by atoms with E-state index >= 15 is 0 Å². The van der Waals surface area contributed by atoms with E-state index in [1.807, 2.05) is 0 Å². The molecule has 0 aliphatic heterocycles. The number of halogens is 1. The molecule has 4 nitrogen and oxygen atoms in total. The maximum atomic E-state index is 11.4. The Labute approximate surface area is 98.6 Å². The van der Waals surface area contributed by atoms with Gasteiger partial charge in [0.05, 0.1) is 4.32 Å². The zero-order chi connectivity index (χ0) is 12.1. The average molecular weight is 277 g/mol. The highest BCUT2D eigenvalue weighted by molar-refractivity contribution is 9.10. The van der Waals surface area contributed by atoms with Crippen molar-refractivity contribution in [2.75, 3.05) is 13.1 Å². The molecule has 0 unspecified atom stereocenters. The molecule has 5 heteroatoms. The minimum absolute atomic E-state index is 0.105. The van der Waals surface area contributed by atoms with E-state index in [9.17, 15) is 9.59 Å². The van der Waals surface area contributed by atoms with E-state index in [2.05, 4.69) is 33.1 Å². The van der Waals surface area contributed by atoms with Crippen LogP contribution in [0.3, 0.4) is 0 Å². The fraction of sp³-hybridized carbons (Fsp3) is 0.600. The summed E-state index contributed by atoms with van der Waals surface area (Å²) in [7, 11) is 0. The van der Waals surface area contributed by atoms with Gasteiger partial charge >= 0.3 is 0 Å². The first-order valence-electron chi connectivity index (χ1n) is 4.66. The van der Waals surface area contributed by atoms with Gasteiger partial charge in [0.1, 0.15) is 0 Å². The van der Waals surface area contributed by atoms with E-state index in [-0.39, 0.29) is 11.8 Å². The lowest BCUT2D eigenvalue weighted by atomic mass is 10.2. The molecule has 0 bridgehead atoms. The Balaban J connectivity index is 3.69. The Bertz CT molecular complexity index is 269. The van der Waals surface area contributed by atoms with Gasteiger partial charge in [0.25, 0.3) is 0 Å². The van der Waals surface area contributed by atoms with Crippen molar-refractivity contribution in [1.29, 1.82) is 0 Å². The van der Waals surface area contributed by atoms with Gasteiger partial charge in [-0.25, -0.2) is 0 Å². The van der Waals surface area contributed by atoms with Gasteiger partial charge in [-0.3, -0.25) is 9.59 Å². The Morgan fingerprint density at radius 2 is 1.73 bits per heavy atom. The monoisotopic (exact) mass is 276 g/mol. The molecule has 15 heavy (non-hydrogen) atoms. The number of hydrogen-bond acceptors (Lipinski definition) is 2. The summed E-state index contributed by atoms with van der Waals surface area (Å²) in [6.07, 6.45) is 0. The van der Waals surface area contributed by atoms with Crippen LogP contribution in [0.2, 0.25) is 0 Å². The highest BCUT2D eigenvalue weighted by Crippen LogP contribution is 2.14. The van der Waals surface area contributed by atoms with Gasteiger partial charge in [0, 0.05) is 18.7 Å². The number of alkyl halides is 1. The number of carbonyl (C=O) groups is 2. The summed E-state index contributed by atoms with van der Waals surface area (Å²) in [5.41, 5.74) is 0.460. The molecule has 0 heterocycles. The second-order valence-electron chi connectivity index (χ2n) is 3.76. The lowest BCUT2D eigenvalue weighted by Crippen LogP contribution is -2.41. The molecule has 0 aliphatic rings. The van der Waals surface area contributed by atoms with Crippen molar-refractivity contribution in [2.24, 2.45) is 0 Å². The second kappa shape index (κ2) is 5.90. The van der Waals surface area contributed by atoms with Crippen molar-refractivity contribution in [2.45, 2.75) is 25.1 Å². The van der Waals surface area contributed by atoms with Crippen LogP contribution in [0, 0.1) is 0 Å². The maximum absolute atomic E-state index is 11.4. The first-order valence-corrected chi connectivity index (χ1v) is 5.45. The molecular formula is C10H17BrN2O2. The largest absolute Gasteiger partial charge is 0.353 e. The van der Waals surface area contributed by atoms with E-state index in [1.165, 1.54) is 0 Å². The third-order valence-electron chi connectivity index (χ3n) is 1.62. The number of carbonyl (C=O) groups excluding carboxylic acids is 2. The molecule has 0 aliphatic carbocycles. The zero-order valence-electron chi connectivity index (χ0n) is 9.32. The molecule has 2 amide bonds. The van der Waals surface area contributed by atoms with Crippen LogP contribution in [-0.4, -0.2) is 29.2 Å². The molecule has 0 fully saturated rings. The molecule has 2 N–H and O–H groups in total. The van der Waals surface area contributed by atoms with Crippen LogP contribution >= 0.6 is 15.9 Å². The molecule has 86 valence electrons. The highest BCUT2D eigenvalue weighted by atomic mass is 79.9. The fourth-order valence-electron chi connectivity index (χ4n) is 0.713. The molecule has 0 saturated heterocycles. The summed E-state index contributed by atoms with van der Waals surface area (Å²) in [6, 6.07) is 0. The van der Waals surface area contributed by atoms with Crippen molar-refractivity contribution < 1.29 is 9.59 Å². The molecule has 0 spiro atoms. The zero-order valence-corrected chi connectivity index (χ0v) is 10.9. The standard InChI is InChI=1S/C10H17BrN2O2/c1-7(2)8(14)12-5-6-13-9(15)10(3,4)11/h1,5-6H2,2-4H3,(H,12,14)(H,13,15). The SMILES string of the molecule is C=C(C)C(=O)NCCNC(=O)C(C)(C)Br. The fourth-order valence-corrected chi connectivity index (χ4v) is 0.853. The predicted octanol–water partition coefficient (Wildman–Crippen LogP) is 0.968. The first kappa shape index (κ1) is 14.2. The summed E-state index contributed by atoms with van der Waals surface area (Å²) in [5.74, 6) is -0.297. The smallest absolute Gasteiger partial charge is 0.246 e. The van der Waals surface area contributed by atoms with Crippen LogP contribution in [0.25, 0.3) is 0 Å². The lowest BCUT2D eigenvalue weighted by molar-refractivity contribution is -0.123. The van der Waals surface area contributed by atoms with Crippen molar-refractivity contribution in [1.82, 2.24) is 10.6 Å². The quantitative estimate of drug-likeness (QED) is 0.447. The number of nitrogens with one attached hydrogen (secondary N) is 2. The van der Waals surface area contributed by atoms with E-state index in [0.717, 1.165) is 0 Å². The second-order valence-corrected chi connectivity index (χ2v) is 5.75. The minimum atomic E-state index is -0.578. The van der Waals surface area contributed by atoms with Crippen LogP contribution in [0.5, 0.6) is 0 Å².